The second-order valence-corrected chi connectivity index (χ2v) is 2.96. The van der Waals surface area contributed by atoms with Gasteiger partial charge < -0.3 is 10.8 Å². The Kier molecular flexibility index (Phi) is 3.21. The number of nitrogens with zero attached hydrogens (tertiary/aromatic N) is 1. The van der Waals surface area contributed by atoms with Crippen LogP contribution >= 0.6 is 0 Å². The highest BCUT2D eigenvalue weighted by atomic mass is 19.4. The summed E-state index contributed by atoms with van der Waals surface area (Å²) < 4.78 is 61.7. The van der Waals surface area contributed by atoms with Crippen LogP contribution in [0.25, 0.3) is 0 Å². The molecule has 0 unspecified atom stereocenters. The Morgan fingerprint density at radius 1 is 1.41 bits per heavy atom. The van der Waals surface area contributed by atoms with Crippen molar-refractivity contribution < 1.29 is 31.9 Å². The molecule has 9 heteroatoms. The molecule has 4 nitrogen and oxygen atoms in total. The molecule has 0 saturated heterocycles. The topological polar surface area (TPSA) is 76.2 Å². The Balaban J connectivity index is 3.53. The lowest BCUT2D eigenvalue weighted by Gasteiger charge is -2.12. The highest BCUT2D eigenvalue weighted by Crippen LogP contribution is 2.35. The fraction of sp³-hybridized carbons (Fsp3) is 0.250. The van der Waals surface area contributed by atoms with Crippen molar-refractivity contribution in [2.45, 2.75) is 12.6 Å². The van der Waals surface area contributed by atoms with Crippen molar-refractivity contribution in [3.05, 3.63) is 23.0 Å². The normalized spacial score (nSPS) is 11.9. The molecule has 94 valence electrons. The Morgan fingerprint density at radius 3 is 2.29 bits per heavy atom. The molecule has 1 rings (SSSR count). The van der Waals surface area contributed by atoms with Gasteiger partial charge in [-0.1, -0.05) is 0 Å². The van der Waals surface area contributed by atoms with Crippen LogP contribution < -0.4 is 5.73 Å². The van der Waals surface area contributed by atoms with Crippen LogP contribution in [-0.2, 0) is 6.18 Å². The molecule has 0 aliphatic heterocycles. The van der Waals surface area contributed by atoms with Crippen LogP contribution in [0.2, 0.25) is 0 Å². The maximum Gasteiger partial charge on any atom is 0.418 e. The standard InChI is InChI=1S/C8H5F5N2O2/c9-6(10)5-3(14)1-2(8(11,12)13)4(15-5)7(16)17/h1,6H,14H2,(H,16,17). The van der Waals surface area contributed by atoms with Crippen LogP contribution in [0.15, 0.2) is 6.07 Å². The summed E-state index contributed by atoms with van der Waals surface area (Å²) in [5.74, 6) is -2.06. The molecule has 3 N–H and O–H groups in total. The van der Waals surface area contributed by atoms with E-state index in [1.54, 1.807) is 0 Å². The number of nitrogens with two attached hydrogens (primary N) is 1. The number of halogens is 5. The predicted octanol–water partition coefficient (Wildman–Crippen LogP) is 2.32. The van der Waals surface area contributed by atoms with Gasteiger partial charge >= 0.3 is 12.1 Å². The molecule has 1 aromatic rings. The first-order valence-corrected chi connectivity index (χ1v) is 4.03. The first-order valence-electron chi connectivity index (χ1n) is 4.03. The minimum atomic E-state index is -5.03. The molecule has 0 bridgehead atoms. The van der Waals surface area contributed by atoms with E-state index in [1.165, 1.54) is 0 Å². The fourth-order valence-corrected chi connectivity index (χ4v) is 1.10. The summed E-state index contributed by atoms with van der Waals surface area (Å²) in [6.07, 6.45) is -8.29. The van der Waals surface area contributed by atoms with Gasteiger partial charge in [0.1, 0.15) is 5.69 Å². The number of pyridine rings is 1. The van der Waals surface area contributed by atoms with Crippen molar-refractivity contribution in [1.29, 1.82) is 0 Å². The number of hydrogen-bond acceptors (Lipinski definition) is 3. The number of rotatable bonds is 2. The number of anilines is 1. The van der Waals surface area contributed by atoms with Gasteiger partial charge in [0.2, 0.25) is 0 Å². The molecule has 0 aliphatic carbocycles. The quantitative estimate of drug-likeness (QED) is 0.796. The van der Waals surface area contributed by atoms with Gasteiger partial charge in [0.15, 0.2) is 5.69 Å². The average Bonchev–Trinajstić information content (AvgIpc) is 2.14. The highest BCUT2D eigenvalue weighted by Gasteiger charge is 2.38. The third-order valence-corrected chi connectivity index (χ3v) is 1.80. The SMILES string of the molecule is Nc1cc(C(F)(F)F)c(C(=O)O)nc1C(F)F. The van der Waals surface area contributed by atoms with Gasteiger partial charge in [-0.25, -0.2) is 18.6 Å². The second-order valence-electron chi connectivity index (χ2n) is 2.96. The van der Waals surface area contributed by atoms with Crippen LogP contribution in [0.5, 0.6) is 0 Å². The van der Waals surface area contributed by atoms with Crippen molar-refractivity contribution in [2.75, 3.05) is 5.73 Å². The molecule has 1 aromatic heterocycles. The van der Waals surface area contributed by atoms with Crippen LogP contribution in [0, 0.1) is 0 Å². The van der Waals surface area contributed by atoms with Crippen molar-refractivity contribution in [3.63, 3.8) is 0 Å². The summed E-state index contributed by atoms with van der Waals surface area (Å²) in [5.41, 5.74) is -0.296. The molecule has 17 heavy (non-hydrogen) atoms. The largest absolute Gasteiger partial charge is 0.476 e. The first-order chi connectivity index (χ1) is 7.64. The first kappa shape index (κ1) is 13.1. The molecule has 0 atom stereocenters. The van der Waals surface area contributed by atoms with Gasteiger partial charge in [-0.05, 0) is 6.07 Å². The predicted molar refractivity (Wildman–Crippen MR) is 45.6 cm³/mol. The Hall–Kier alpha value is -1.93. The van der Waals surface area contributed by atoms with Gasteiger partial charge in [0.25, 0.3) is 6.43 Å². The van der Waals surface area contributed by atoms with Gasteiger partial charge in [-0.15, -0.1) is 0 Å². The third kappa shape index (κ3) is 2.60. The monoisotopic (exact) mass is 256 g/mol. The van der Waals surface area contributed by atoms with Gasteiger partial charge in [0.05, 0.1) is 11.3 Å². The van der Waals surface area contributed by atoms with E-state index in [2.05, 4.69) is 4.98 Å². The maximum absolute atomic E-state index is 12.4. The lowest BCUT2D eigenvalue weighted by atomic mass is 10.1. The molecule has 1 heterocycles. The lowest BCUT2D eigenvalue weighted by molar-refractivity contribution is -0.138. The summed E-state index contributed by atoms with van der Waals surface area (Å²) in [7, 11) is 0. The van der Waals surface area contributed by atoms with E-state index in [9.17, 15) is 26.7 Å². The summed E-state index contributed by atoms with van der Waals surface area (Å²) in [6, 6.07) is 0.137. The number of carboxylic acids is 1. The Labute approximate surface area is 90.9 Å². The van der Waals surface area contributed by atoms with Gasteiger partial charge in [0, 0.05) is 0 Å². The summed E-state index contributed by atoms with van der Waals surface area (Å²) >= 11 is 0. The molecule has 0 aliphatic rings. The third-order valence-electron chi connectivity index (χ3n) is 1.80. The Morgan fingerprint density at radius 2 is 1.94 bits per heavy atom. The molecule has 0 aromatic carbocycles. The molecular weight excluding hydrogens is 251 g/mol. The second kappa shape index (κ2) is 4.15. The summed E-state index contributed by atoms with van der Waals surface area (Å²) in [6.45, 7) is 0. The molecule has 0 radical (unpaired) electrons. The van der Waals surface area contributed by atoms with Gasteiger partial charge in [-0.2, -0.15) is 13.2 Å². The van der Waals surface area contributed by atoms with E-state index < -0.39 is 41.2 Å². The minimum Gasteiger partial charge on any atom is -0.476 e. The summed E-state index contributed by atoms with van der Waals surface area (Å²) in [5, 5.41) is 8.48. The number of aromatic carboxylic acids is 1. The number of carboxylic acid groups (broad SMARTS) is 1. The van der Waals surface area contributed by atoms with E-state index in [1.807, 2.05) is 0 Å². The van der Waals surface area contributed by atoms with E-state index in [0.29, 0.717) is 0 Å². The molecule has 0 fully saturated rings. The number of hydrogen-bond donors (Lipinski definition) is 2. The molecular formula is C8H5F5N2O2. The Bertz CT molecular complexity index is 458. The smallest absolute Gasteiger partial charge is 0.418 e. The number of nitrogen functional groups attached to an aromatic ring is 1. The fourth-order valence-electron chi connectivity index (χ4n) is 1.10. The van der Waals surface area contributed by atoms with Crippen LogP contribution in [0.3, 0.4) is 0 Å². The van der Waals surface area contributed by atoms with Crippen LogP contribution in [0.1, 0.15) is 28.2 Å². The highest BCUT2D eigenvalue weighted by molar-refractivity contribution is 5.88. The average molecular weight is 256 g/mol. The number of carbonyl (C=O) groups is 1. The molecule has 0 spiro atoms. The lowest BCUT2D eigenvalue weighted by Crippen LogP contribution is -2.17. The van der Waals surface area contributed by atoms with Crippen molar-refractivity contribution in [3.8, 4) is 0 Å². The van der Waals surface area contributed by atoms with Gasteiger partial charge in [-0.3, -0.25) is 0 Å². The van der Waals surface area contributed by atoms with E-state index >= 15 is 0 Å². The number of alkyl halides is 5. The van der Waals surface area contributed by atoms with Crippen molar-refractivity contribution >= 4 is 11.7 Å². The van der Waals surface area contributed by atoms with Crippen LogP contribution in [0.4, 0.5) is 27.6 Å². The molecule has 0 amide bonds. The number of aromatic nitrogens is 1. The van der Waals surface area contributed by atoms with Crippen molar-refractivity contribution in [2.24, 2.45) is 0 Å². The minimum absolute atomic E-state index is 0.137. The summed E-state index contributed by atoms with van der Waals surface area (Å²) in [4.78, 5) is 13.2. The van der Waals surface area contributed by atoms with E-state index in [-0.39, 0.29) is 6.07 Å². The zero-order chi connectivity index (χ0) is 13.4. The van der Waals surface area contributed by atoms with Crippen molar-refractivity contribution in [1.82, 2.24) is 4.98 Å². The molecule has 0 saturated carbocycles. The van der Waals surface area contributed by atoms with E-state index in [0.717, 1.165) is 0 Å². The van der Waals surface area contributed by atoms with E-state index in [4.69, 9.17) is 10.8 Å². The zero-order valence-corrected chi connectivity index (χ0v) is 7.92. The maximum atomic E-state index is 12.4. The van der Waals surface area contributed by atoms with Crippen LogP contribution in [-0.4, -0.2) is 16.1 Å². The zero-order valence-electron chi connectivity index (χ0n) is 7.92.